The van der Waals surface area contributed by atoms with Gasteiger partial charge in [0.1, 0.15) is 11.6 Å². The summed E-state index contributed by atoms with van der Waals surface area (Å²) in [5, 5.41) is 5.98. The van der Waals surface area contributed by atoms with Crippen molar-refractivity contribution in [2.75, 3.05) is 23.9 Å². The molecule has 0 radical (unpaired) electrons. The molecular weight excluding hydrogens is 460 g/mol. The van der Waals surface area contributed by atoms with Gasteiger partial charge in [0, 0.05) is 23.4 Å². The number of nitrogens with one attached hydrogen (secondary N) is 2. The number of thioether (sulfide) groups is 1. The monoisotopic (exact) mass is 490 g/mol. The number of anilines is 1. The molecule has 10 heteroatoms. The van der Waals surface area contributed by atoms with Gasteiger partial charge in [-0.05, 0) is 51.3 Å². The number of carbonyl (C=O) groups excluding carboxylic acids is 3. The van der Waals surface area contributed by atoms with E-state index < -0.39 is 17.7 Å². The largest absolute Gasteiger partial charge is 0.444 e. The van der Waals surface area contributed by atoms with Crippen molar-refractivity contribution in [3.05, 3.63) is 46.5 Å². The summed E-state index contributed by atoms with van der Waals surface area (Å²) in [6.45, 7) is 6.36. The summed E-state index contributed by atoms with van der Waals surface area (Å²) in [6, 6.07) is 8.46. The lowest BCUT2D eigenvalue weighted by Crippen LogP contribution is -2.46. The van der Waals surface area contributed by atoms with Gasteiger partial charge in [0.15, 0.2) is 5.13 Å². The SMILES string of the molecule is CSCCC(NC(=O)OC(C)(C)C)C(=O)Nc1nc2c(s1)CN(C(=O)c1ccccc1)CC2. The Morgan fingerprint density at radius 2 is 1.97 bits per heavy atom. The maximum atomic E-state index is 12.9. The first-order valence-corrected chi connectivity index (χ1v) is 13.0. The van der Waals surface area contributed by atoms with Crippen molar-refractivity contribution in [2.24, 2.45) is 0 Å². The molecule has 0 aliphatic carbocycles. The maximum absolute atomic E-state index is 12.9. The molecule has 1 atom stereocenters. The highest BCUT2D eigenvalue weighted by molar-refractivity contribution is 7.98. The molecule has 2 heterocycles. The van der Waals surface area contributed by atoms with Crippen molar-refractivity contribution in [3.8, 4) is 0 Å². The third-order valence-electron chi connectivity index (χ3n) is 4.89. The van der Waals surface area contributed by atoms with Gasteiger partial charge < -0.3 is 20.3 Å². The molecule has 1 aliphatic heterocycles. The van der Waals surface area contributed by atoms with Crippen molar-refractivity contribution in [3.63, 3.8) is 0 Å². The minimum atomic E-state index is -0.732. The molecule has 1 aromatic carbocycles. The number of carbonyl (C=O) groups is 3. The summed E-state index contributed by atoms with van der Waals surface area (Å²) in [5.74, 6) is 0.357. The highest BCUT2D eigenvalue weighted by Crippen LogP contribution is 2.29. The Labute approximate surface area is 202 Å². The van der Waals surface area contributed by atoms with Crippen LogP contribution in [-0.4, -0.2) is 58.0 Å². The van der Waals surface area contributed by atoms with Crippen molar-refractivity contribution in [2.45, 2.75) is 51.8 Å². The molecule has 0 spiro atoms. The van der Waals surface area contributed by atoms with Gasteiger partial charge in [0.25, 0.3) is 5.91 Å². The number of hydrogen-bond donors (Lipinski definition) is 2. The zero-order chi connectivity index (χ0) is 24.0. The Bertz CT molecular complexity index is 988. The fourth-order valence-electron chi connectivity index (χ4n) is 3.33. The lowest BCUT2D eigenvalue weighted by atomic mass is 10.1. The third kappa shape index (κ3) is 7.20. The number of ether oxygens (including phenoxy) is 1. The first-order valence-electron chi connectivity index (χ1n) is 10.8. The molecule has 3 rings (SSSR count). The van der Waals surface area contributed by atoms with Gasteiger partial charge in [-0.3, -0.25) is 9.59 Å². The van der Waals surface area contributed by atoms with Crippen LogP contribution in [0.15, 0.2) is 30.3 Å². The van der Waals surface area contributed by atoms with E-state index in [1.807, 2.05) is 36.6 Å². The average molecular weight is 491 g/mol. The van der Waals surface area contributed by atoms with Gasteiger partial charge >= 0.3 is 6.09 Å². The van der Waals surface area contributed by atoms with Crippen molar-refractivity contribution in [1.82, 2.24) is 15.2 Å². The first kappa shape index (κ1) is 25.0. The summed E-state index contributed by atoms with van der Waals surface area (Å²) < 4.78 is 5.30. The molecule has 0 saturated carbocycles. The minimum Gasteiger partial charge on any atom is -0.444 e. The second-order valence-electron chi connectivity index (χ2n) is 8.70. The van der Waals surface area contributed by atoms with E-state index in [1.54, 1.807) is 37.4 Å². The quantitative estimate of drug-likeness (QED) is 0.610. The van der Waals surface area contributed by atoms with Crippen LogP contribution in [0.4, 0.5) is 9.93 Å². The van der Waals surface area contributed by atoms with E-state index in [1.165, 1.54) is 11.3 Å². The number of nitrogens with zero attached hydrogens (tertiary/aromatic N) is 2. The summed E-state index contributed by atoms with van der Waals surface area (Å²) >= 11 is 2.96. The molecule has 178 valence electrons. The van der Waals surface area contributed by atoms with E-state index in [-0.39, 0.29) is 11.8 Å². The van der Waals surface area contributed by atoms with Gasteiger partial charge in [-0.25, -0.2) is 9.78 Å². The maximum Gasteiger partial charge on any atom is 0.408 e. The molecule has 33 heavy (non-hydrogen) atoms. The topological polar surface area (TPSA) is 101 Å². The number of benzene rings is 1. The van der Waals surface area contributed by atoms with Gasteiger partial charge in [-0.15, -0.1) is 0 Å². The summed E-state index contributed by atoms with van der Waals surface area (Å²) in [7, 11) is 0. The highest BCUT2D eigenvalue weighted by Gasteiger charge is 2.28. The first-order chi connectivity index (χ1) is 15.7. The smallest absolute Gasteiger partial charge is 0.408 e. The van der Waals surface area contributed by atoms with Crippen LogP contribution >= 0.6 is 23.1 Å². The van der Waals surface area contributed by atoms with Crippen molar-refractivity contribution in [1.29, 1.82) is 0 Å². The Kier molecular flexibility index (Phi) is 8.36. The number of amides is 3. The fourth-order valence-corrected chi connectivity index (χ4v) is 4.83. The van der Waals surface area contributed by atoms with Crippen LogP contribution in [0.2, 0.25) is 0 Å². The number of fused-ring (bicyclic) bond motifs is 1. The van der Waals surface area contributed by atoms with Gasteiger partial charge in [-0.2, -0.15) is 11.8 Å². The zero-order valence-electron chi connectivity index (χ0n) is 19.3. The van der Waals surface area contributed by atoms with Crippen LogP contribution in [-0.2, 0) is 22.5 Å². The number of alkyl carbamates (subject to hydrolysis) is 1. The Morgan fingerprint density at radius 1 is 1.24 bits per heavy atom. The standard InChI is InChI=1S/C23H30N4O4S2/c1-23(2,3)31-22(30)25-17(11-13-32-4)19(28)26-21-24-16-10-12-27(14-18(16)33-21)20(29)15-8-6-5-7-9-15/h5-9,17H,10-14H2,1-4H3,(H,25,30)(H,24,26,28). The van der Waals surface area contributed by atoms with Crippen LogP contribution in [0.1, 0.15) is 48.1 Å². The second kappa shape index (κ2) is 11.0. The van der Waals surface area contributed by atoms with E-state index in [0.29, 0.717) is 42.4 Å². The highest BCUT2D eigenvalue weighted by atomic mass is 32.2. The third-order valence-corrected chi connectivity index (χ3v) is 6.53. The molecule has 8 nitrogen and oxygen atoms in total. The Morgan fingerprint density at radius 3 is 2.64 bits per heavy atom. The summed E-state index contributed by atoms with van der Waals surface area (Å²) in [6.07, 6.45) is 2.42. The molecule has 2 N–H and O–H groups in total. The molecule has 3 amide bonds. The number of hydrogen-bond acceptors (Lipinski definition) is 7. The molecule has 1 unspecified atom stereocenters. The van der Waals surface area contributed by atoms with Crippen molar-refractivity contribution >= 4 is 46.1 Å². The predicted octanol–water partition coefficient (Wildman–Crippen LogP) is 3.93. The van der Waals surface area contributed by atoms with Crippen LogP contribution in [0, 0.1) is 0 Å². The predicted molar refractivity (Wildman–Crippen MR) is 132 cm³/mol. The lowest BCUT2D eigenvalue weighted by Gasteiger charge is -2.26. The van der Waals surface area contributed by atoms with Gasteiger partial charge in [0.2, 0.25) is 5.91 Å². The number of rotatable bonds is 7. The summed E-state index contributed by atoms with van der Waals surface area (Å²) in [4.78, 5) is 45.2. The number of thiazole rings is 1. The van der Waals surface area contributed by atoms with E-state index in [9.17, 15) is 14.4 Å². The van der Waals surface area contributed by atoms with Gasteiger partial charge in [-0.1, -0.05) is 29.5 Å². The van der Waals surface area contributed by atoms with Crippen molar-refractivity contribution < 1.29 is 19.1 Å². The Balaban J connectivity index is 1.64. The van der Waals surface area contributed by atoms with E-state index in [4.69, 9.17) is 4.74 Å². The van der Waals surface area contributed by atoms with Crippen LogP contribution in [0.25, 0.3) is 0 Å². The van der Waals surface area contributed by atoms with Crippen LogP contribution in [0.3, 0.4) is 0 Å². The molecule has 0 saturated heterocycles. The second-order valence-corrected chi connectivity index (χ2v) is 10.8. The van der Waals surface area contributed by atoms with E-state index in [0.717, 1.165) is 10.6 Å². The normalized spacial score (nSPS) is 14.2. The lowest BCUT2D eigenvalue weighted by molar-refractivity contribution is -0.118. The molecular formula is C23H30N4O4S2. The minimum absolute atomic E-state index is 0.0149. The van der Waals surface area contributed by atoms with Crippen LogP contribution < -0.4 is 10.6 Å². The van der Waals surface area contributed by atoms with E-state index >= 15 is 0 Å². The fraction of sp³-hybridized carbons (Fsp3) is 0.478. The van der Waals surface area contributed by atoms with E-state index in [2.05, 4.69) is 15.6 Å². The van der Waals surface area contributed by atoms with Gasteiger partial charge in [0.05, 0.1) is 12.2 Å². The average Bonchev–Trinajstić information content (AvgIpc) is 3.16. The van der Waals surface area contributed by atoms with Crippen LogP contribution in [0.5, 0.6) is 0 Å². The summed E-state index contributed by atoms with van der Waals surface area (Å²) in [5.41, 5.74) is 0.902. The number of aromatic nitrogens is 1. The molecule has 0 fully saturated rings. The molecule has 1 aliphatic rings. The zero-order valence-corrected chi connectivity index (χ0v) is 21.0. The molecule has 2 aromatic rings. The molecule has 0 bridgehead atoms. The Hall–Kier alpha value is -2.59. The molecule has 1 aromatic heterocycles.